The Hall–Kier alpha value is -1.08. The van der Waals surface area contributed by atoms with E-state index in [0.717, 1.165) is 5.69 Å². The summed E-state index contributed by atoms with van der Waals surface area (Å²) in [5.74, 6) is 0.563. The van der Waals surface area contributed by atoms with E-state index in [2.05, 4.69) is 64.1 Å². The van der Waals surface area contributed by atoms with E-state index in [1.165, 1.54) is 11.8 Å². The average Bonchev–Trinajstić information content (AvgIpc) is 2.96. The topological polar surface area (TPSA) is 69.0 Å². The molecule has 1 N–H and O–H groups in total. The third kappa shape index (κ3) is 7.36. The third-order valence-electron chi connectivity index (χ3n) is 3.87. The number of ether oxygens (including phenoxy) is 1. The summed E-state index contributed by atoms with van der Waals surface area (Å²) in [5, 5.41) is 11.5. The summed E-state index contributed by atoms with van der Waals surface area (Å²) in [6.45, 7) is 16.4. The highest BCUT2D eigenvalue weighted by Crippen LogP contribution is 2.24. The molecule has 0 atom stereocenters. The molecule has 0 aliphatic heterocycles. The number of nitrogens with zero attached hydrogens (tertiary/aromatic N) is 3. The average molecular weight is 371 g/mol. The molecule has 0 radical (unpaired) electrons. The van der Waals surface area contributed by atoms with E-state index < -0.39 is 0 Å². The summed E-state index contributed by atoms with van der Waals surface area (Å²) in [5.41, 5.74) is 0.502. The molecule has 6 nitrogen and oxygen atoms in total. The number of thioether (sulfide) groups is 1. The van der Waals surface area contributed by atoms with Gasteiger partial charge in [-0.1, -0.05) is 32.9 Å². The zero-order chi connectivity index (χ0) is 19.3. The Morgan fingerprint density at radius 3 is 2.36 bits per heavy atom. The molecule has 0 spiro atoms. The number of carbonyl (C=O) groups is 1. The van der Waals surface area contributed by atoms with Crippen LogP contribution in [0.4, 0.5) is 0 Å². The molecule has 0 aliphatic carbocycles. The van der Waals surface area contributed by atoms with Gasteiger partial charge in [0.25, 0.3) is 0 Å². The maximum atomic E-state index is 11.6. The zero-order valence-corrected chi connectivity index (χ0v) is 17.8. The predicted octanol–water partition coefficient (Wildman–Crippen LogP) is 2.83. The van der Waals surface area contributed by atoms with Crippen LogP contribution in [-0.2, 0) is 20.5 Å². The molecule has 0 fully saturated rings. The van der Waals surface area contributed by atoms with Crippen molar-refractivity contribution in [3.05, 3.63) is 11.9 Å². The molecule has 0 aliphatic rings. The Kier molecular flexibility index (Phi) is 7.50. The number of rotatable bonds is 9. The van der Waals surface area contributed by atoms with E-state index in [0.29, 0.717) is 25.5 Å². The minimum Gasteiger partial charge on any atom is -0.380 e. The van der Waals surface area contributed by atoms with E-state index in [1.54, 1.807) is 0 Å². The second-order valence-corrected chi connectivity index (χ2v) is 9.84. The van der Waals surface area contributed by atoms with Crippen LogP contribution in [0.25, 0.3) is 0 Å². The van der Waals surface area contributed by atoms with E-state index in [9.17, 15) is 4.79 Å². The molecule has 0 bridgehead atoms. The number of nitrogens with one attached hydrogen (secondary N) is 1. The van der Waals surface area contributed by atoms with Gasteiger partial charge in [-0.15, -0.1) is 5.10 Å². The van der Waals surface area contributed by atoms with Gasteiger partial charge >= 0.3 is 0 Å². The van der Waals surface area contributed by atoms with Crippen LogP contribution in [-0.4, -0.2) is 52.7 Å². The quantitative estimate of drug-likeness (QED) is 0.724. The van der Waals surface area contributed by atoms with Gasteiger partial charge in [0.05, 0.1) is 30.2 Å². The summed E-state index contributed by atoms with van der Waals surface area (Å²) >= 11 is 1.52. The summed E-state index contributed by atoms with van der Waals surface area (Å²) in [4.78, 5) is 11.6. The molecule has 1 heterocycles. The Morgan fingerprint density at radius 2 is 1.84 bits per heavy atom. The molecule has 0 unspecified atom stereocenters. The molecule has 1 aromatic heterocycles. The van der Waals surface area contributed by atoms with Crippen molar-refractivity contribution in [2.75, 3.05) is 31.8 Å². The molecule has 25 heavy (non-hydrogen) atoms. The summed E-state index contributed by atoms with van der Waals surface area (Å²) in [7, 11) is 0. The second-order valence-electron chi connectivity index (χ2n) is 8.97. The Balaban J connectivity index is 2.52. The van der Waals surface area contributed by atoms with Gasteiger partial charge in [-0.2, -0.15) is 11.8 Å². The van der Waals surface area contributed by atoms with Crippen molar-refractivity contribution >= 4 is 17.7 Å². The fourth-order valence-electron chi connectivity index (χ4n) is 2.13. The highest BCUT2D eigenvalue weighted by Gasteiger charge is 2.28. The van der Waals surface area contributed by atoms with Crippen LogP contribution in [0, 0.1) is 5.41 Å². The van der Waals surface area contributed by atoms with Crippen molar-refractivity contribution in [2.24, 2.45) is 5.41 Å². The molecule has 1 aromatic rings. The lowest BCUT2D eigenvalue weighted by molar-refractivity contribution is -0.119. The highest BCUT2D eigenvalue weighted by molar-refractivity contribution is 7.99. The van der Waals surface area contributed by atoms with Crippen LogP contribution in [0.3, 0.4) is 0 Å². The van der Waals surface area contributed by atoms with Crippen molar-refractivity contribution in [3.63, 3.8) is 0 Å². The molecular formula is C18H34N4O2S. The first kappa shape index (κ1) is 22.0. The number of amides is 1. The normalized spacial score (nSPS) is 13.1. The smallest absolute Gasteiger partial charge is 0.230 e. The van der Waals surface area contributed by atoms with Crippen LogP contribution in [0.15, 0.2) is 6.20 Å². The van der Waals surface area contributed by atoms with Crippen molar-refractivity contribution in [1.82, 2.24) is 20.3 Å². The molecular weight excluding hydrogens is 336 g/mol. The molecule has 1 amide bonds. The maximum absolute atomic E-state index is 11.6. The number of hydrogen-bond acceptors (Lipinski definition) is 5. The van der Waals surface area contributed by atoms with E-state index in [-0.39, 0.29) is 22.3 Å². The van der Waals surface area contributed by atoms with Crippen molar-refractivity contribution in [1.29, 1.82) is 0 Å². The summed E-state index contributed by atoms with van der Waals surface area (Å²) in [6.07, 6.45) is 3.92. The first-order valence-corrected chi connectivity index (χ1v) is 10.0. The Labute approximate surface area is 156 Å². The highest BCUT2D eigenvalue weighted by atomic mass is 32.2. The van der Waals surface area contributed by atoms with Gasteiger partial charge in [-0.05, 0) is 27.0 Å². The van der Waals surface area contributed by atoms with Gasteiger partial charge in [0.2, 0.25) is 5.91 Å². The molecule has 144 valence electrons. The zero-order valence-electron chi connectivity index (χ0n) is 17.0. The van der Waals surface area contributed by atoms with E-state index >= 15 is 0 Å². The maximum Gasteiger partial charge on any atom is 0.230 e. The van der Waals surface area contributed by atoms with Gasteiger partial charge in [-0.25, -0.2) is 4.68 Å². The molecule has 0 aromatic carbocycles. The van der Waals surface area contributed by atoms with Crippen LogP contribution in [0.5, 0.6) is 0 Å². The van der Waals surface area contributed by atoms with Crippen LogP contribution >= 0.6 is 11.8 Å². The van der Waals surface area contributed by atoms with Crippen LogP contribution in [0.2, 0.25) is 0 Å². The monoisotopic (exact) mass is 370 g/mol. The van der Waals surface area contributed by atoms with Gasteiger partial charge in [0.1, 0.15) is 0 Å². The van der Waals surface area contributed by atoms with Crippen LogP contribution < -0.4 is 5.32 Å². The predicted molar refractivity (Wildman–Crippen MR) is 104 cm³/mol. The Morgan fingerprint density at radius 1 is 1.20 bits per heavy atom. The van der Waals surface area contributed by atoms with Gasteiger partial charge in [-0.3, -0.25) is 4.79 Å². The standard InChI is InChI=1S/C18H34N4O2S/c1-16(2,3)22-9-14(20-21-22)18(6,7)13-24-12-17(4,5)11-19-15(23)10-25-8/h9H,10-13H2,1-8H3,(H,19,23). The lowest BCUT2D eigenvalue weighted by Crippen LogP contribution is -2.38. The van der Waals surface area contributed by atoms with Crippen molar-refractivity contribution in [2.45, 2.75) is 59.4 Å². The largest absolute Gasteiger partial charge is 0.380 e. The first-order valence-electron chi connectivity index (χ1n) is 8.64. The third-order valence-corrected chi connectivity index (χ3v) is 4.42. The molecule has 1 rings (SSSR count). The number of hydrogen-bond donors (Lipinski definition) is 1. The van der Waals surface area contributed by atoms with Gasteiger partial charge in [0.15, 0.2) is 0 Å². The van der Waals surface area contributed by atoms with E-state index in [1.807, 2.05) is 17.1 Å². The van der Waals surface area contributed by atoms with Crippen LogP contribution in [0.1, 0.15) is 54.2 Å². The minimum absolute atomic E-state index is 0.0692. The fraction of sp³-hybridized carbons (Fsp3) is 0.833. The SMILES string of the molecule is CSCC(=O)NCC(C)(C)COCC(C)(C)c1cn(C(C)(C)C)nn1. The number of aromatic nitrogens is 3. The van der Waals surface area contributed by atoms with Crippen molar-refractivity contribution in [3.8, 4) is 0 Å². The molecule has 0 saturated carbocycles. The Bertz CT molecular complexity index is 562. The second kappa shape index (κ2) is 8.54. The first-order chi connectivity index (χ1) is 11.4. The lowest BCUT2D eigenvalue weighted by atomic mass is 9.90. The molecule has 7 heteroatoms. The number of carbonyl (C=O) groups excluding carboxylic acids is 1. The van der Waals surface area contributed by atoms with Gasteiger partial charge < -0.3 is 10.1 Å². The fourth-order valence-corrected chi connectivity index (χ4v) is 2.49. The van der Waals surface area contributed by atoms with Gasteiger partial charge in [0, 0.05) is 23.6 Å². The lowest BCUT2D eigenvalue weighted by Gasteiger charge is -2.28. The van der Waals surface area contributed by atoms with E-state index in [4.69, 9.17) is 4.74 Å². The summed E-state index contributed by atoms with van der Waals surface area (Å²) in [6, 6.07) is 0. The van der Waals surface area contributed by atoms with Crippen molar-refractivity contribution < 1.29 is 9.53 Å². The molecule has 0 saturated heterocycles. The minimum atomic E-state index is -0.221. The summed E-state index contributed by atoms with van der Waals surface area (Å²) < 4.78 is 7.86.